The third-order valence-corrected chi connectivity index (χ3v) is 3.61. The van der Waals surface area contributed by atoms with Crippen LogP contribution in [-0.4, -0.2) is 11.3 Å². The summed E-state index contributed by atoms with van der Waals surface area (Å²) in [5, 5.41) is 0.571. The van der Waals surface area contributed by atoms with Crippen molar-refractivity contribution in [2.75, 3.05) is 0 Å². The smallest absolute Gasteiger partial charge is 0.221 e. The van der Waals surface area contributed by atoms with Crippen LogP contribution in [0.3, 0.4) is 0 Å². The molecule has 0 saturated carbocycles. The van der Waals surface area contributed by atoms with Gasteiger partial charge >= 0.3 is 0 Å². The van der Waals surface area contributed by atoms with Crippen LogP contribution in [0.15, 0.2) is 24.3 Å². The molecule has 0 radical (unpaired) electrons. The van der Waals surface area contributed by atoms with Gasteiger partial charge in [-0.1, -0.05) is 40.9 Å². The second-order valence-electron chi connectivity index (χ2n) is 3.42. The predicted octanol–water partition coefficient (Wildman–Crippen LogP) is 4.66. The van der Waals surface area contributed by atoms with Gasteiger partial charge in [-0.2, -0.15) is 4.39 Å². The van der Waals surface area contributed by atoms with Crippen molar-refractivity contribution in [3.63, 3.8) is 0 Å². The van der Waals surface area contributed by atoms with E-state index in [0.29, 0.717) is 11.8 Å². The van der Waals surface area contributed by atoms with Gasteiger partial charge in [-0.15, -0.1) is 0 Å². The van der Waals surface area contributed by atoms with Gasteiger partial charge in [0.05, 0.1) is 15.1 Å². The van der Waals surface area contributed by atoms with E-state index in [0.717, 1.165) is 0 Å². The Kier molecular flexibility index (Phi) is 3.85. The quantitative estimate of drug-likeness (QED) is 0.459. The molecule has 2 rings (SSSR count). The molecule has 6 heteroatoms. The van der Waals surface area contributed by atoms with Gasteiger partial charge in [-0.05, 0) is 18.2 Å². The van der Waals surface area contributed by atoms with Crippen LogP contribution in [0.2, 0.25) is 15.1 Å². The Balaban J connectivity index is 2.62. The molecule has 0 atom stereocenters. The third-order valence-electron chi connectivity index (χ3n) is 2.32. The summed E-state index contributed by atoms with van der Waals surface area (Å²) in [4.78, 5) is 14.0. The van der Waals surface area contributed by atoms with Crippen LogP contribution in [0, 0.1) is 5.95 Å². The number of rotatable bonds is 2. The first-order chi connectivity index (χ1) is 8.54. The van der Waals surface area contributed by atoms with Crippen molar-refractivity contribution < 1.29 is 9.18 Å². The second-order valence-corrected chi connectivity index (χ2v) is 4.58. The maximum atomic E-state index is 13.7. The molecule has 0 N–H and O–H groups in total. The van der Waals surface area contributed by atoms with Crippen LogP contribution in [-0.2, 0) is 0 Å². The highest BCUT2D eigenvalue weighted by Gasteiger charge is 2.14. The van der Waals surface area contributed by atoms with E-state index in [1.165, 1.54) is 24.3 Å². The lowest BCUT2D eigenvalue weighted by atomic mass is 10.1. The molecule has 1 aromatic heterocycles. The summed E-state index contributed by atoms with van der Waals surface area (Å²) in [6.45, 7) is 0. The highest BCUT2D eigenvalue weighted by atomic mass is 35.5. The largest absolute Gasteiger partial charge is 0.296 e. The molecule has 2 aromatic rings. The highest BCUT2D eigenvalue weighted by molar-refractivity contribution is 6.49. The van der Waals surface area contributed by atoms with Crippen molar-refractivity contribution in [1.29, 1.82) is 0 Å². The summed E-state index contributed by atoms with van der Waals surface area (Å²) in [6.07, 6.45) is 0.462. The molecule has 0 spiro atoms. The molecule has 0 saturated heterocycles. The fourth-order valence-electron chi connectivity index (χ4n) is 1.45. The van der Waals surface area contributed by atoms with Crippen LogP contribution < -0.4 is 0 Å². The molecule has 0 aliphatic carbocycles. The minimum absolute atomic E-state index is 0.00688. The van der Waals surface area contributed by atoms with E-state index >= 15 is 0 Å². The van der Waals surface area contributed by atoms with E-state index in [1.54, 1.807) is 0 Å². The van der Waals surface area contributed by atoms with E-state index in [4.69, 9.17) is 34.8 Å². The van der Waals surface area contributed by atoms with Gasteiger partial charge < -0.3 is 0 Å². The summed E-state index contributed by atoms with van der Waals surface area (Å²) in [6, 6.07) is 5.86. The number of carbonyl (C=O) groups is 1. The van der Waals surface area contributed by atoms with Crippen molar-refractivity contribution in [2.45, 2.75) is 0 Å². The SMILES string of the molecule is O=Cc1ccc(-c2ccc(Cl)c(Cl)c2Cl)c(F)n1. The number of hydrogen-bond donors (Lipinski definition) is 0. The van der Waals surface area contributed by atoms with Gasteiger partial charge in [-0.25, -0.2) is 4.98 Å². The average Bonchev–Trinajstić information content (AvgIpc) is 2.37. The Hall–Kier alpha value is -1.16. The van der Waals surface area contributed by atoms with E-state index in [1.807, 2.05) is 0 Å². The highest BCUT2D eigenvalue weighted by Crippen LogP contribution is 2.38. The first kappa shape index (κ1) is 13.3. The fourth-order valence-corrected chi connectivity index (χ4v) is 2.09. The van der Waals surface area contributed by atoms with Crippen LogP contribution in [0.5, 0.6) is 0 Å². The molecule has 0 unspecified atom stereocenters. The normalized spacial score (nSPS) is 10.4. The van der Waals surface area contributed by atoms with Crippen molar-refractivity contribution in [3.8, 4) is 11.1 Å². The van der Waals surface area contributed by atoms with Crippen LogP contribution >= 0.6 is 34.8 Å². The van der Waals surface area contributed by atoms with Crippen molar-refractivity contribution in [3.05, 3.63) is 51.0 Å². The summed E-state index contributed by atoms with van der Waals surface area (Å²) in [5.41, 5.74) is 0.533. The van der Waals surface area contributed by atoms with Gasteiger partial charge in [0.25, 0.3) is 0 Å². The standard InChI is InChI=1S/C12H5Cl3FNO/c13-9-4-3-7(10(14)11(9)15)8-2-1-6(5-18)17-12(8)16/h1-5H. The van der Waals surface area contributed by atoms with Crippen molar-refractivity contribution in [2.24, 2.45) is 0 Å². The minimum atomic E-state index is -0.792. The zero-order valence-corrected chi connectivity index (χ0v) is 11.0. The zero-order valence-electron chi connectivity index (χ0n) is 8.75. The summed E-state index contributed by atoms with van der Waals surface area (Å²) in [7, 11) is 0. The Morgan fingerprint density at radius 3 is 2.28 bits per heavy atom. The predicted molar refractivity (Wildman–Crippen MR) is 70.0 cm³/mol. The lowest BCUT2D eigenvalue weighted by Gasteiger charge is -2.08. The van der Waals surface area contributed by atoms with E-state index < -0.39 is 5.95 Å². The van der Waals surface area contributed by atoms with Gasteiger partial charge in [0.1, 0.15) is 5.69 Å². The van der Waals surface area contributed by atoms with Gasteiger partial charge in [0.2, 0.25) is 5.95 Å². The average molecular weight is 305 g/mol. The number of hydrogen-bond acceptors (Lipinski definition) is 2. The molecule has 2 nitrogen and oxygen atoms in total. The van der Waals surface area contributed by atoms with E-state index in [-0.39, 0.29) is 26.3 Å². The Morgan fingerprint density at radius 2 is 1.67 bits per heavy atom. The first-order valence-electron chi connectivity index (χ1n) is 4.80. The molecule has 92 valence electrons. The molecule has 0 bridgehead atoms. The minimum Gasteiger partial charge on any atom is -0.296 e. The molecule has 18 heavy (non-hydrogen) atoms. The Labute approximate surface area is 117 Å². The van der Waals surface area contributed by atoms with Crippen LogP contribution in [0.1, 0.15) is 10.5 Å². The maximum Gasteiger partial charge on any atom is 0.221 e. The van der Waals surface area contributed by atoms with Gasteiger partial charge in [0, 0.05) is 11.1 Å². The lowest BCUT2D eigenvalue weighted by Crippen LogP contribution is -1.94. The number of pyridine rings is 1. The molecule has 0 fully saturated rings. The number of halogens is 4. The van der Waals surface area contributed by atoms with Crippen LogP contribution in [0.4, 0.5) is 4.39 Å². The number of nitrogens with zero attached hydrogens (tertiary/aromatic N) is 1. The molecule has 0 amide bonds. The van der Waals surface area contributed by atoms with Gasteiger partial charge in [0.15, 0.2) is 6.29 Å². The van der Waals surface area contributed by atoms with E-state index in [2.05, 4.69) is 4.98 Å². The molecule has 0 aliphatic heterocycles. The number of carbonyl (C=O) groups excluding carboxylic acids is 1. The summed E-state index contributed by atoms with van der Waals surface area (Å²) in [5.74, 6) is -0.792. The third kappa shape index (κ3) is 2.34. The number of aldehydes is 1. The molecular formula is C12H5Cl3FNO. The molecular weight excluding hydrogens is 299 g/mol. The molecule has 0 aliphatic rings. The topological polar surface area (TPSA) is 30.0 Å². The van der Waals surface area contributed by atoms with Crippen molar-refractivity contribution in [1.82, 2.24) is 4.98 Å². The summed E-state index contributed by atoms with van der Waals surface area (Å²) >= 11 is 17.7. The summed E-state index contributed by atoms with van der Waals surface area (Å²) < 4.78 is 13.7. The van der Waals surface area contributed by atoms with E-state index in [9.17, 15) is 9.18 Å². The fraction of sp³-hybridized carbons (Fsp3) is 0. The Morgan fingerprint density at radius 1 is 1.00 bits per heavy atom. The monoisotopic (exact) mass is 303 g/mol. The zero-order chi connectivity index (χ0) is 13.3. The van der Waals surface area contributed by atoms with Gasteiger partial charge in [-0.3, -0.25) is 4.79 Å². The van der Waals surface area contributed by atoms with Crippen LogP contribution in [0.25, 0.3) is 11.1 Å². The number of aromatic nitrogens is 1. The maximum absolute atomic E-state index is 13.7. The van der Waals surface area contributed by atoms with Crippen molar-refractivity contribution >= 4 is 41.1 Å². The second kappa shape index (κ2) is 5.22. The number of benzene rings is 1. The Bertz CT molecular complexity index is 631. The first-order valence-corrected chi connectivity index (χ1v) is 5.93. The molecule has 1 aromatic carbocycles. The molecule has 1 heterocycles. The lowest BCUT2D eigenvalue weighted by molar-refractivity contribution is 0.111.